The van der Waals surface area contributed by atoms with Crippen LogP contribution in [0.4, 0.5) is 5.69 Å². The van der Waals surface area contributed by atoms with Gasteiger partial charge in [-0.25, -0.2) is 0 Å². The van der Waals surface area contributed by atoms with Gasteiger partial charge in [-0.2, -0.15) is 0 Å². The Bertz CT molecular complexity index is 896. The van der Waals surface area contributed by atoms with Gasteiger partial charge in [-0.05, 0) is 43.3 Å². The van der Waals surface area contributed by atoms with Crippen LogP contribution in [0.25, 0.3) is 0 Å². The molecule has 5 nitrogen and oxygen atoms in total. The van der Waals surface area contributed by atoms with Crippen molar-refractivity contribution in [1.29, 1.82) is 0 Å². The van der Waals surface area contributed by atoms with E-state index in [-0.39, 0.29) is 5.91 Å². The first kappa shape index (κ1) is 18.3. The lowest BCUT2D eigenvalue weighted by Crippen LogP contribution is -2.30. The molecule has 0 saturated heterocycles. The second-order valence-corrected chi connectivity index (χ2v) is 5.81. The lowest BCUT2D eigenvalue weighted by molar-refractivity contribution is -0.122. The van der Waals surface area contributed by atoms with Crippen molar-refractivity contribution in [2.75, 3.05) is 12.4 Å². The number of methoxy groups -OCH3 is 1. The minimum absolute atomic E-state index is 0.287. The summed E-state index contributed by atoms with van der Waals surface area (Å²) in [6.07, 6.45) is -0.717. The van der Waals surface area contributed by atoms with Gasteiger partial charge >= 0.3 is 0 Å². The fraction of sp³-hybridized carbons (Fsp3) is 0.136. The molecule has 0 radical (unpaired) electrons. The largest absolute Gasteiger partial charge is 0.493 e. The first-order valence-corrected chi connectivity index (χ1v) is 8.60. The second-order valence-electron chi connectivity index (χ2n) is 5.81. The van der Waals surface area contributed by atoms with Crippen molar-refractivity contribution >= 4 is 11.6 Å². The summed E-state index contributed by atoms with van der Waals surface area (Å²) in [7, 11) is 1.56. The van der Waals surface area contributed by atoms with Crippen LogP contribution in [0, 0.1) is 0 Å². The standard InChI is InChI=1S/C22H21NO4/c1-16(26-21-15-9-8-14-20(21)25-2)22(24)23-18-12-6-7-13-19(18)27-17-10-4-3-5-11-17/h3-16H,1-2H3,(H,23,24)/t16-/m1/s1. The zero-order valence-electron chi connectivity index (χ0n) is 15.2. The number of amides is 1. The normalized spacial score (nSPS) is 11.3. The monoisotopic (exact) mass is 363 g/mol. The lowest BCUT2D eigenvalue weighted by atomic mass is 10.2. The molecule has 1 N–H and O–H groups in total. The highest BCUT2D eigenvalue weighted by Crippen LogP contribution is 2.30. The van der Waals surface area contributed by atoms with Gasteiger partial charge in [0.05, 0.1) is 12.8 Å². The molecule has 0 fully saturated rings. The average molecular weight is 363 g/mol. The fourth-order valence-electron chi connectivity index (χ4n) is 2.47. The number of carbonyl (C=O) groups is 1. The average Bonchev–Trinajstić information content (AvgIpc) is 2.70. The van der Waals surface area contributed by atoms with E-state index in [1.807, 2.05) is 54.6 Å². The molecule has 0 aliphatic carbocycles. The Balaban J connectivity index is 1.70. The van der Waals surface area contributed by atoms with Crippen molar-refractivity contribution in [3.8, 4) is 23.0 Å². The molecule has 0 aromatic heterocycles. The number of para-hydroxylation sites is 5. The maximum absolute atomic E-state index is 12.6. The van der Waals surface area contributed by atoms with Gasteiger partial charge in [0.2, 0.25) is 0 Å². The van der Waals surface area contributed by atoms with Crippen LogP contribution in [0.1, 0.15) is 6.92 Å². The van der Waals surface area contributed by atoms with Crippen LogP contribution in [-0.2, 0) is 4.79 Å². The summed E-state index contributed by atoms with van der Waals surface area (Å²) in [5.41, 5.74) is 0.571. The van der Waals surface area contributed by atoms with Crippen LogP contribution in [0.5, 0.6) is 23.0 Å². The van der Waals surface area contributed by atoms with Gasteiger partial charge < -0.3 is 19.5 Å². The van der Waals surface area contributed by atoms with E-state index in [2.05, 4.69) is 5.32 Å². The van der Waals surface area contributed by atoms with Gasteiger partial charge in [-0.1, -0.05) is 42.5 Å². The maximum Gasteiger partial charge on any atom is 0.265 e. The molecule has 27 heavy (non-hydrogen) atoms. The minimum Gasteiger partial charge on any atom is -0.493 e. The molecule has 138 valence electrons. The number of carbonyl (C=O) groups excluding carboxylic acids is 1. The van der Waals surface area contributed by atoms with E-state index < -0.39 is 6.10 Å². The maximum atomic E-state index is 12.6. The first-order chi connectivity index (χ1) is 13.2. The third kappa shape index (κ3) is 4.79. The van der Waals surface area contributed by atoms with Gasteiger partial charge in [-0.15, -0.1) is 0 Å². The summed E-state index contributed by atoms with van der Waals surface area (Å²) in [6.45, 7) is 1.68. The Morgan fingerprint density at radius 3 is 2.11 bits per heavy atom. The number of nitrogens with one attached hydrogen (secondary N) is 1. The van der Waals surface area contributed by atoms with Crippen LogP contribution in [-0.4, -0.2) is 19.1 Å². The number of benzene rings is 3. The molecule has 0 aliphatic rings. The summed E-state index contributed by atoms with van der Waals surface area (Å²) >= 11 is 0. The van der Waals surface area contributed by atoms with Gasteiger partial charge in [-0.3, -0.25) is 4.79 Å². The van der Waals surface area contributed by atoms with Crippen molar-refractivity contribution in [2.24, 2.45) is 0 Å². The molecule has 0 unspecified atom stereocenters. The lowest BCUT2D eigenvalue weighted by Gasteiger charge is -2.18. The molecule has 3 aromatic rings. The fourth-order valence-corrected chi connectivity index (χ4v) is 2.47. The van der Waals surface area contributed by atoms with Crippen molar-refractivity contribution in [2.45, 2.75) is 13.0 Å². The first-order valence-electron chi connectivity index (χ1n) is 8.60. The molecule has 3 aromatic carbocycles. The predicted molar refractivity (Wildman–Crippen MR) is 105 cm³/mol. The highest BCUT2D eigenvalue weighted by Gasteiger charge is 2.18. The van der Waals surface area contributed by atoms with Crippen molar-refractivity contribution in [3.05, 3.63) is 78.9 Å². The third-order valence-electron chi connectivity index (χ3n) is 3.86. The third-order valence-corrected chi connectivity index (χ3v) is 3.86. The van der Waals surface area contributed by atoms with E-state index >= 15 is 0 Å². The van der Waals surface area contributed by atoms with Crippen LogP contribution in [0.15, 0.2) is 78.9 Å². The van der Waals surface area contributed by atoms with Crippen molar-refractivity contribution < 1.29 is 19.0 Å². The van der Waals surface area contributed by atoms with Crippen molar-refractivity contribution in [1.82, 2.24) is 0 Å². The Kier molecular flexibility index (Phi) is 5.94. The summed E-state index contributed by atoms with van der Waals surface area (Å²) in [4.78, 5) is 12.6. The van der Waals surface area contributed by atoms with E-state index in [0.29, 0.717) is 28.7 Å². The Labute approximate surface area is 158 Å². The number of anilines is 1. The predicted octanol–water partition coefficient (Wildman–Crippen LogP) is 4.89. The summed E-state index contributed by atoms with van der Waals surface area (Å²) in [5, 5.41) is 2.86. The number of hydrogen-bond donors (Lipinski definition) is 1. The topological polar surface area (TPSA) is 56.8 Å². The smallest absolute Gasteiger partial charge is 0.265 e. The van der Waals surface area contributed by atoms with E-state index in [1.165, 1.54) is 0 Å². The highest BCUT2D eigenvalue weighted by atomic mass is 16.5. The molecule has 3 rings (SSSR count). The molecule has 0 spiro atoms. The Morgan fingerprint density at radius 2 is 1.41 bits per heavy atom. The molecule has 0 bridgehead atoms. The summed E-state index contributed by atoms with van der Waals surface area (Å²) < 4.78 is 16.9. The minimum atomic E-state index is -0.717. The zero-order chi connectivity index (χ0) is 19.1. The van der Waals surface area contributed by atoms with Gasteiger partial charge in [0.15, 0.2) is 23.4 Å². The molecule has 5 heteroatoms. The van der Waals surface area contributed by atoms with Crippen LogP contribution in [0.2, 0.25) is 0 Å². The van der Waals surface area contributed by atoms with Crippen LogP contribution < -0.4 is 19.5 Å². The van der Waals surface area contributed by atoms with Gasteiger partial charge in [0.1, 0.15) is 5.75 Å². The Hall–Kier alpha value is -3.47. The molecular weight excluding hydrogens is 342 g/mol. The summed E-state index contributed by atoms with van der Waals surface area (Å²) in [5.74, 6) is 2.05. The van der Waals surface area contributed by atoms with Gasteiger partial charge in [0.25, 0.3) is 5.91 Å². The molecular formula is C22H21NO4. The number of rotatable bonds is 7. The highest BCUT2D eigenvalue weighted by molar-refractivity contribution is 5.95. The Morgan fingerprint density at radius 1 is 0.815 bits per heavy atom. The molecule has 0 heterocycles. The van der Waals surface area contributed by atoms with Crippen LogP contribution in [0.3, 0.4) is 0 Å². The van der Waals surface area contributed by atoms with E-state index in [9.17, 15) is 4.79 Å². The quantitative estimate of drug-likeness (QED) is 0.649. The molecule has 1 amide bonds. The molecule has 0 aliphatic heterocycles. The van der Waals surface area contributed by atoms with E-state index in [0.717, 1.165) is 0 Å². The zero-order valence-corrected chi connectivity index (χ0v) is 15.2. The van der Waals surface area contributed by atoms with E-state index in [4.69, 9.17) is 14.2 Å². The number of ether oxygens (including phenoxy) is 3. The second kappa shape index (κ2) is 8.76. The molecule has 1 atom stereocenters. The van der Waals surface area contributed by atoms with E-state index in [1.54, 1.807) is 38.3 Å². The molecule has 0 saturated carbocycles. The summed E-state index contributed by atoms with van der Waals surface area (Å²) in [6, 6.07) is 23.9. The van der Waals surface area contributed by atoms with Crippen LogP contribution >= 0.6 is 0 Å². The number of hydrogen-bond acceptors (Lipinski definition) is 4. The van der Waals surface area contributed by atoms with Crippen molar-refractivity contribution in [3.63, 3.8) is 0 Å². The van der Waals surface area contributed by atoms with Gasteiger partial charge in [0, 0.05) is 0 Å². The SMILES string of the molecule is COc1ccccc1O[C@H](C)C(=O)Nc1ccccc1Oc1ccccc1.